The van der Waals surface area contributed by atoms with Crippen LogP contribution in [0.5, 0.6) is 0 Å². The second-order valence-corrected chi connectivity index (χ2v) is 11.9. The summed E-state index contributed by atoms with van der Waals surface area (Å²) in [6.45, 7) is 2.27. The van der Waals surface area contributed by atoms with Crippen LogP contribution in [0.1, 0.15) is 13.3 Å². The first kappa shape index (κ1) is 24.9. The predicted molar refractivity (Wildman–Crippen MR) is 182 cm³/mol. The number of hydrogen-bond acceptors (Lipinski definition) is 2. The van der Waals surface area contributed by atoms with Crippen molar-refractivity contribution >= 4 is 65.8 Å². The van der Waals surface area contributed by atoms with E-state index in [-0.39, 0.29) is 10.6 Å². The highest BCUT2D eigenvalue weighted by atomic mass is 16.6. The number of rotatable bonds is 4. The minimum Gasteiger partial charge on any atom is -0.313 e. The predicted octanol–water partition coefficient (Wildman–Crippen LogP) is 10.5. The first-order valence-corrected chi connectivity index (χ1v) is 15.0. The molecular formula is C39H27N3O2. The normalized spacial score (nSPS) is 15.3. The van der Waals surface area contributed by atoms with Gasteiger partial charge in [-0.1, -0.05) is 85.8 Å². The maximum absolute atomic E-state index is 12.1. The van der Waals surface area contributed by atoms with Gasteiger partial charge in [0.2, 0.25) is 0 Å². The van der Waals surface area contributed by atoms with Crippen molar-refractivity contribution in [3.8, 4) is 16.8 Å². The van der Waals surface area contributed by atoms with E-state index < -0.39 is 0 Å². The average Bonchev–Trinajstić information content (AvgIpc) is 3.57. The Hall–Kier alpha value is -5.68. The minimum absolute atomic E-state index is 0.114. The van der Waals surface area contributed by atoms with Crippen molar-refractivity contribution < 1.29 is 4.92 Å². The molecule has 8 aromatic rings. The number of nitro groups is 1. The first-order valence-electron chi connectivity index (χ1n) is 15.0. The van der Waals surface area contributed by atoms with Crippen molar-refractivity contribution in [2.75, 3.05) is 0 Å². The second kappa shape index (κ2) is 9.16. The van der Waals surface area contributed by atoms with E-state index in [4.69, 9.17) is 0 Å². The van der Waals surface area contributed by atoms with Crippen LogP contribution in [0, 0.1) is 16.0 Å². The smallest absolute Gasteiger partial charge is 0.277 e. The van der Waals surface area contributed by atoms with Crippen LogP contribution in [0.3, 0.4) is 0 Å². The van der Waals surface area contributed by atoms with Crippen LogP contribution in [-0.2, 0) is 0 Å². The summed E-state index contributed by atoms with van der Waals surface area (Å²) in [6.07, 6.45) is 7.68. The maximum atomic E-state index is 12.1. The van der Waals surface area contributed by atoms with Crippen LogP contribution < -0.4 is 0 Å². The molecule has 0 radical (unpaired) electrons. The number of para-hydroxylation sites is 3. The van der Waals surface area contributed by atoms with Gasteiger partial charge in [0.15, 0.2) is 0 Å². The number of nitro benzene ring substituents is 1. The molecule has 0 bridgehead atoms. The molecule has 6 aromatic carbocycles. The lowest BCUT2D eigenvalue weighted by Gasteiger charge is -2.18. The number of benzene rings is 6. The molecule has 5 nitrogen and oxygen atoms in total. The summed E-state index contributed by atoms with van der Waals surface area (Å²) in [6, 6.07) is 37.2. The molecule has 210 valence electrons. The minimum atomic E-state index is -0.286. The molecule has 0 amide bonds. The van der Waals surface area contributed by atoms with Gasteiger partial charge in [-0.15, -0.1) is 0 Å². The lowest BCUT2D eigenvalue weighted by molar-refractivity contribution is -0.384. The van der Waals surface area contributed by atoms with Gasteiger partial charge in [0.05, 0.1) is 32.6 Å². The van der Waals surface area contributed by atoms with Gasteiger partial charge in [0.25, 0.3) is 5.69 Å². The van der Waals surface area contributed by atoms with Crippen molar-refractivity contribution in [1.82, 2.24) is 9.13 Å². The fourth-order valence-corrected chi connectivity index (χ4v) is 7.52. The van der Waals surface area contributed by atoms with Crippen LogP contribution >= 0.6 is 0 Å². The Balaban J connectivity index is 1.49. The summed E-state index contributed by atoms with van der Waals surface area (Å²) in [5.74, 6) is 0.465. The van der Waals surface area contributed by atoms with Crippen molar-refractivity contribution in [3.05, 3.63) is 138 Å². The molecule has 0 aliphatic heterocycles. The lowest BCUT2D eigenvalue weighted by Crippen LogP contribution is -2.04. The molecule has 2 aromatic heterocycles. The molecule has 0 spiro atoms. The summed E-state index contributed by atoms with van der Waals surface area (Å²) < 4.78 is 4.81. The van der Waals surface area contributed by atoms with Crippen molar-refractivity contribution in [3.63, 3.8) is 0 Å². The fraction of sp³-hybridized carbons (Fsp3) is 0.0769. The zero-order valence-corrected chi connectivity index (χ0v) is 24.1. The van der Waals surface area contributed by atoms with Gasteiger partial charge in [-0.05, 0) is 71.1 Å². The van der Waals surface area contributed by atoms with Crippen LogP contribution in [0.4, 0.5) is 5.69 Å². The molecule has 1 atom stereocenters. The molecule has 5 heteroatoms. The van der Waals surface area contributed by atoms with E-state index in [1.165, 1.54) is 38.3 Å². The molecule has 2 heterocycles. The van der Waals surface area contributed by atoms with Gasteiger partial charge < -0.3 is 9.13 Å². The highest BCUT2D eigenvalue weighted by Crippen LogP contribution is 2.48. The molecule has 0 fully saturated rings. The standard InChI is InChI=1S/C39H27N3O2/c1-24-10-9-13-26(22-24)41-32-16-7-6-15-30(32)37-31-19-18-29-27(28-14-5-8-17-33(28)42(43)44)20-21-34-38(29)39(31)36(23-35(37)41)40(34)25-11-3-2-4-12-25/h2-21,23-24H,22H2,1H3. The lowest BCUT2D eigenvalue weighted by atomic mass is 9.92. The molecule has 0 saturated carbocycles. The summed E-state index contributed by atoms with van der Waals surface area (Å²) in [5.41, 5.74) is 8.60. The van der Waals surface area contributed by atoms with Crippen LogP contribution in [0.15, 0.2) is 127 Å². The van der Waals surface area contributed by atoms with Gasteiger partial charge in [-0.3, -0.25) is 10.1 Å². The molecule has 44 heavy (non-hydrogen) atoms. The van der Waals surface area contributed by atoms with E-state index in [2.05, 4.69) is 107 Å². The number of hydrogen-bond donors (Lipinski definition) is 0. The quantitative estimate of drug-likeness (QED) is 0.120. The Kier molecular flexibility index (Phi) is 5.18. The fourth-order valence-electron chi connectivity index (χ4n) is 7.52. The summed E-state index contributed by atoms with van der Waals surface area (Å²) >= 11 is 0. The van der Waals surface area contributed by atoms with E-state index in [0.717, 1.165) is 39.5 Å². The van der Waals surface area contributed by atoms with E-state index >= 15 is 0 Å². The van der Waals surface area contributed by atoms with E-state index in [9.17, 15) is 10.1 Å². The molecule has 1 aliphatic carbocycles. The molecule has 0 saturated heterocycles. The van der Waals surface area contributed by atoms with Crippen molar-refractivity contribution in [2.45, 2.75) is 13.3 Å². The molecular weight excluding hydrogens is 542 g/mol. The number of allylic oxidation sites excluding steroid dienone is 4. The molecule has 9 rings (SSSR count). The second-order valence-electron chi connectivity index (χ2n) is 11.9. The Labute approximate surface area is 253 Å². The summed E-state index contributed by atoms with van der Waals surface area (Å²) in [4.78, 5) is 11.8. The molecule has 1 unspecified atom stereocenters. The van der Waals surface area contributed by atoms with Gasteiger partial charge in [-0.2, -0.15) is 0 Å². The van der Waals surface area contributed by atoms with Crippen LogP contribution in [-0.4, -0.2) is 14.1 Å². The highest BCUT2D eigenvalue weighted by Gasteiger charge is 2.26. The largest absolute Gasteiger partial charge is 0.313 e. The Morgan fingerprint density at radius 2 is 1.39 bits per heavy atom. The Morgan fingerprint density at radius 1 is 0.659 bits per heavy atom. The van der Waals surface area contributed by atoms with E-state index in [1.807, 2.05) is 24.3 Å². The van der Waals surface area contributed by atoms with Gasteiger partial charge >= 0.3 is 0 Å². The van der Waals surface area contributed by atoms with Crippen LogP contribution in [0.25, 0.3) is 76.9 Å². The molecule has 0 N–H and O–H groups in total. The Bertz CT molecular complexity index is 2510. The third-order valence-corrected chi connectivity index (χ3v) is 9.30. The third-order valence-electron chi connectivity index (χ3n) is 9.30. The average molecular weight is 570 g/mol. The number of aromatic nitrogens is 2. The van der Waals surface area contributed by atoms with Crippen LogP contribution in [0.2, 0.25) is 0 Å². The Morgan fingerprint density at radius 3 is 2.23 bits per heavy atom. The number of nitrogens with zero attached hydrogens (tertiary/aromatic N) is 3. The topological polar surface area (TPSA) is 53.0 Å². The maximum Gasteiger partial charge on any atom is 0.277 e. The first-order chi connectivity index (χ1) is 21.6. The highest BCUT2D eigenvalue weighted by molar-refractivity contribution is 6.35. The summed E-state index contributed by atoms with van der Waals surface area (Å²) in [7, 11) is 0. The third kappa shape index (κ3) is 3.35. The van der Waals surface area contributed by atoms with Gasteiger partial charge in [0.1, 0.15) is 0 Å². The van der Waals surface area contributed by atoms with E-state index in [0.29, 0.717) is 11.5 Å². The van der Waals surface area contributed by atoms with Crippen molar-refractivity contribution in [2.24, 2.45) is 5.92 Å². The summed E-state index contributed by atoms with van der Waals surface area (Å²) in [5, 5.41) is 19.1. The zero-order valence-electron chi connectivity index (χ0n) is 24.1. The molecule has 1 aliphatic rings. The van der Waals surface area contributed by atoms with E-state index in [1.54, 1.807) is 12.1 Å². The SMILES string of the molecule is CC1C=CC=C(n2c3ccccc3c3c4ccc5c(-c6ccccc6[N+](=O)[O-])ccc6c5c4c(cc32)n6-c2ccccc2)C1. The van der Waals surface area contributed by atoms with Crippen molar-refractivity contribution in [1.29, 1.82) is 0 Å². The van der Waals surface area contributed by atoms with Gasteiger partial charge in [-0.25, -0.2) is 0 Å². The number of fused-ring (bicyclic) bond motifs is 4. The zero-order chi connectivity index (χ0) is 29.5. The van der Waals surface area contributed by atoms with Gasteiger partial charge in [0, 0.05) is 39.0 Å². The monoisotopic (exact) mass is 569 g/mol.